The van der Waals surface area contributed by atoms with E-state index < -0.39 is 0 Å². The zero-order chi connectivity index (χ0) is 13.7. The van der Waals surface area contributed by atoms with Crippen molar-refractivity contribution in [2.45, 2.75) is 25.9 Å². The van der Waals surface area contributed by atoms with Gasteiger partial charge in [-0.25, -0.2) is 0 Å². The fourth-order valence-corrected chi connectivity index (χ4v) is 2.11. The van der Waals surface area contributed by atoms with Gasteiger partial charge in [0, 0.05) is 17.1 Å². The first-order valence-corrected chi connectivity index (χ1v) is 7.04. The number of halogens is 1. The minimum absolute atomic E-state index is 0.201. The molecule has 1 aromatic carbocycles. The first kappa shape index (κ1) is 14.0. The Morgan fingerprint density at radius 2 is 1.95 bits per heavy atom. The van der Waals surface area contributed by atoms with Crippen LogP contribution in [0.3, 0.4) is 0 Å². The molecule has 2 N–H and O–H groups in total. The summed E-state index contributed by atoms with van der Waals surface area (Å²) in [5.41, 5.74) is 2.24. The van der Waals surface area contributed by atoms with Gasteiger partial charge in [-0.15, -0.1) is 0 Å². The number of benzene rings is 1. The van der Waals surface area contributed by atoms with E-state index in [0.717, 1.165) is 16.6 Å². The number of hydrogen-bond donors (Lipinski definition) is 2. The number of hydrogen-bond acceptors (Lipinski definition) is 3. The Morgan fingerprint density at radius 1 is 1.21 bits per heavy atom. The molecule has 1 atom stereocenters. The summed E-state index contributed by atoms with van der Waals surface area (Å²) >= 11 is 3.43. The zero-order valence-electron chi connectivity index (χ0n) is 10.8. The third-order valence-corrected chi connectivity index (χ3v) is 3.42. The van der Waals surface area contributed by atoms with Gasteiger partial charge in [-0.2, -0.15) is 0 Å². The highest BCUT2D eigenvalue weighted by molar-refractivity contribution is 9.10. The first-order chi connectivity index (χ1) is 9.13. The maximum Gasteiger partial charge on any atom is 0.133 e. The van der Waals surface area contributed by atoms with Gasteiger partial charge in [0.15, 0.2) is 0 Å². The Bertz CT molecular complexity index is 511. The monoisotopic (exact) mass is 320 g/mol. The second-order valence-corrected chi connectivity index (χ2v) is 5.54. The van der Waals surface area contributed by atoms with E-state index in [9.17, 15) is 0 Å². The standard InChI is InChI=1S/C15H17BrN2O/c1-11(8-12-2-4-13(16)5-3-12)17-9-14-6-7-15(19)10-18-14/h2-7,10-11,17,19H,8-9H2,1H3. The molecule has 0 saturated heterocycles. The maximum absolute atomic E-state index is 9.16. The summed E-state index contributed by atoms with van der Waals surface area (Å²) in [6.07, 6.45) is 2.45. The smallest absolute Gasteiger partial charge is 0.133 e. The normalized spacial score (nSPS) is 12.3. The van der Waals surface area contributed by atoms with E-state index >= 15 is 0 Å². The van der Waals surface area contributed by atoms with Gasteiger partial charge >= 0.3 is 0 Å². The molecule has 0 fully saturated rings. The predicted octanol–water partition coefficient (Wildman–Crippen LogP) is 3.27. The fraction of sp³-hybridized carbons (Fsp3) is 0.267. The van der Waals surface area contributed by atoms with Gasteiger partial charge in [-0.3, -0.25) is 4.98 Å². The lowest BCUT2D eigenvalue weighted by Crippen LogP contribution is -2.27. The number of aromatic nitrogens is 1. The van der Waals surface area contributed by atoms with E-state index in [2.05, 4.69) is 57.4 Å². The van der Waals surface area contributed by atoms with E-state index in [1.54, 1.807) is 6.07 Å². The molecular weight excluding hydrogens is 304 g/mol. The van der Waals surface area contributed by atoms with Crippen LogP contribution in [-0.4, -0.2) is 16.1 Å². The van der Waals surface area contributed by atoms with Gasteiger partial charge in [-0.1, -0.05) is 28.1 Å². The average Bonchev–Trinajstić information content (AvgIpc) is 2.41. The molecular formula is C15H17BrN2O. The van der Waals surface area contributed by atoms with Gasteiger partial charge in [0.1, 0.15) is 5.75 Å². The lowest BCUT2D eigenvalue weighted by molar-refractivity contribution is 0.471. The van der Waals surface area contributed by atoms with Crippen molar-refractivity contribution in [2.24, 2.45) is 0 Å². The predicted molar refractivity (Wildman–Crippen MR) is 80.0 cm³/mol. The quantitative estimate of drug-likeness (QED) is 0.888. The highest BCUT2D eigenvalue weighted by atomic mass is 79.9. The van der Waals surface area contributed by atoms with Crippen molar-refractivity contribution in [1.29, 1.82) is 0 Å². The first-order valence-electron chi connectivity index (χ1n) is 6.25. The van der Waals surface area contributed by atoms with E-state index in [0.29, 0.717) is 12.6 Å². The van der Waals surface area contributed by atoms with Crippen LogP contribution in [0.1, 0.15) is 18.2 Å². The van der Waals surface area contributed by atoms with Crippen LogP contribution in [0.4, 0.5) is 0 Å². The Morgan fingerprint density at radius 3 is 2.58 bits per heavy atom. The number of rotatable bonds is 5. The molecule has 4 heteroatoms. The van der Waals surface area contributed by atoms with Crippen LogP contribution in [0.5, 0.6) is 5.75 Å². The molecule has 3 nitrogen and oxygen atoms in total. The van der Waals surface area contributed by atoms with Crippen molar-refractivity contribution in [3.05, 3.63) is 58.3 Å². The summed E-state index contributed by atoms with van der Waals surface area (Å²) in [5, 5.41) is 12.6. The molecule has 0 aliphatic carbocycles. The topological polar surface area (TPSA) is 45.1 Å². The van der Waals surface area contributed by atoms with Crippen molar-refractivity contribution < 1.29 is 5.11 Å². The van der Waals surface area contributed by atoms with Crippen molar-refractivity contribution in [2.75, 3.05) is 0 Å². The molecule has 1 heterocycles. The molecule has 19 heavy (non-hydrogen) atoms. The van der Waals surface area contributed by atoms with E-state index in [1.807, 2.05) is 6.07 Å². The summed E-state index contributed by atoms with van der Waals surface area (Å²) in [5.74, 6) is 0.201. The lowest BCUT2D eigenvalue weighted by atomic mass is 10.1. The van der Waals surface area contributed by atoms with Gasteiger partial charge < -0.3 is 10.4 Å². The summed E-state index contributed by atoms with van der Waals surface area (Å²) in [7, 11) is 0. The molecule has 0 amide bonds. The van der Waals surface area contributed by atoms with E-state index in [-0.39, 0.29) is 5.75 Å². The van der Waals surface area contributed by atoms with Crippen LogP contribution < -0.4 is 5.32 Å². The third-order valence-electron chi connectivity index (χ3n) is 2.90. The minimum Gasteiger partial charge on any atom is -0.506 e. The summed E-state index contributed by atoms with van der Waals surface area (Å²) in [6, 6.07) is 12.2. The number of pyridine rings is 1. The number of nitrogens with one attached hydrogen (secondary N) is 1. The van der Waals surface area contributed by atoms with Crippen molar-refractivity contribution in [3.63, 3.8) is 0 Å². The highest BCUT2D eigenvalue weighted by Gasteiger charge is 2.04. The average molecular weight is 321 g/mol. The molecule has 2 aromatic rings. The molecule has 100 valence electrons. The van der Waals surface area contributed by atoms with Gasteiger partial charge in [-0.05, 0) is 43.2 Å². The molecule has 2 rings (SSSR count). The zero-order valence-corrected chi connectivity index (χ0v) is 12.4. The molecule has 0 saturated carbocycles. The summed E-state index contributed by atoms with van der Waals surface area (Å²) in [6.45, 7) is 2.86. The van der Waals surface area contributed by atoms with Crippen molar-refractivity contribution >= 4 is 15.9 Å². The van der Waals surface area contributed by atoms with E-state index in [4.69, 9.17) is 5.11 Å². The lowest BCUT2D eigenvalue weighted by Gasteiger charge is -2.13. The maximum atomic E-state index is 9.16. The van der Waals surface area contributed by atoms with Gasteiger partial charge in [0.25, 0.3) is 0 Å². The molecule has 0 aliphatic heterocycles. The molecule has 0 bridgehead atoms. The highest BCUT2D eigenvalue weighted by Crippen LogP contribution is 2.12. The van der Waals surface area contributed by atoms with Crippen LogP contribution in [0.15, 0.2) is 47.1 Å². The Hall–Kier alpha value is -1.39. The summed E-state index contributed by atoms with van der Waals surface area (Å²) < 4.78 is 1.10. The number of aromatic hydroxyl groups is 1. The fourth-order valence-electron chi connectivity index (χ4n) is 1.85. The third kappa shape index (κ3) is 4.65. The second-order valence-electron chi connectivity index (χ2n) is 4.62. The van der Waals surface area contributed by atoms with Gasteiger partial charge in [0.05, 0.1) is 11.9 Å². The Labute approximate surface area is 121 Å². The van der Waals surface area contributed by atoms with Crippen LogP contribution in [-0.2, 0) is 13.0 Å². The molecule has 0 aliphatic rings. The molecule has 0 radical (unpaired) electrons. The van der Waals surface area contributed by atoms with Crippen LogP contribution >= 0.6 is 15.9 Å². The second kappa shape index (κ2) is 6.68. The van der Waals surface area contributed by atoms with E-state index in [1.165, 1.54) is 11.8 Å². The minimum atomic E-state index is 0.201. The van der Waals surface area contributed by atoms with Gasteiger partial charge in [0.2, 0.25) is 0 Å². The molecule has 1 unspecified atom stereocenters. The largest absolute Gasteiger partial charge is 0.506 e. The van der Waals surface area contributed by atoms with Crippen LogP contribution in [0.2, 0.25) is 0 Å². The molecule has 0 spiro atoms. The number of nitrogens with zero attached hydrogens (tertiary/aromatic N) is 1. The Balaban J connectivity index is 1.82. The SMILES string of the molecule is CC(Cc1ccc(Br)cc1)NCc1ccc(O)cn1. The molecule has 1 aromatic heterocycles. The Kier molecular flexibility index (Phi) is 4.93. The van der Waals surface area contributed by atoms with Crippen LogP contribution in [0.25, 0.3) is 0 Å². The van der Waals surface area contributed by atoms with Crippen molar-refractivity contribution in [3.8, 4) is 5.75 Å². The van der Waals surface area contributed by atoms with Crippen LogP contribution in [0, 0.1) is 0 Å². The summed E-state index contributed by atoms with van der Waals surface area (Å²) in [4.78, 5) is 4.15. The van der Waals surface area contributed by atoms with Crippen molar-refractivity contribution in [1.82, 2.24) is 10.3 Å².